The van der Waals surface area contributed by atoms with Gasteiger partial charge in [0.25, 0.3) is 0 Å². The third-order valence-corrected chi connectivity index (χ3v) is 6.30. The minimum Gasteiger partial charge on any atom is -0.468 e. The van der Waals surface area contributed by atoms with E-state index >= 15 is 0 Å². The number of furan rings is 1. The van der Waals surface area contributed by atoms with Gasteiger partial charge in [-0.25, -0.2) is 8.42 Å². The first-order chi connectivity index (χ1) is 12.5. The lowest BCUT2D eigenvalue weighted by molar-refractivity contribution is 0.248. The van der Waals surface area contributed by atoms with Crippen LogP contribution in [0.5, 0.6) is 0 Å². The van der Waals surface area contributed by atoms with Crippen molar-refractivity contribution in [1.82, 2.24) is 4.90 Å². The SMILES string of the molecule is O=S(=O)(CCN(Cc1ccccc1)Cc1ccco1)c1ccc(Br)cc1. The van der Waals surface area contributed by atoms with Gasteiger partial charge in [0.05, 0.1) is 23.5 Å². The van der Waals surface area contributed by atoms with E-state index in [9.17, 15) is 8.42 Å². The van der Waals surface area contributed by atoms with Gasteiger partial charge in [-0.05, 0) is 42.0 Å². The van der Waals surface area contributed by atoms with E-state index in [-0.39, 0.29) is 5.75 Å². The minimum atomic E-state index is -3.34. The van der Waals surface area contributed by atoms with Crippen LogP contribution in [0.2, 0.25) is 0 Å². The van der Waals surface area contributed by atoms with E-state index in [2.05, 4.69) is 20.8 Å². The van der Waals surface area contributed by atoms with Gasteiger partial charge in [0.2, 0.25) is 0 Å². The summed E-state index contributed by atoms with van der Waals surface area (Å²) < 4.78 is 31.6. The topological polar surface area (TPSA) is 50.5 Å². The molecule has 3 rings (SSSR count). The monoisotopic (exact) mass is 433 g/mol. The predicted molar refractivity (Wildman–Crippen MR) is 105 cm³/mol. The van der Waals surface area contributed by atoms with Gasteiger partial charge in [0.1, 0.15) is 5.76 Å². The molecule has 0 atom stereocenters. The van der Waals surface area contributed by atoms with Crippen molar-refractivity contribution in [2.45, 2.75) is 18.0 Å². The molecule has 2 aromatic carbocycles. The zero-order chi connectivity index (χ0) is 18.4. The standard InChI is InChI=1S/C20H20BrNO3S/c21-18-8-10-20(11-9-18)26(23,24)14-12-22(16-19-7-4-13-25-19)15-17-5-2-1-3-6-17/h1-11,13H,12,14-16H2. The summed E-state index contributed by atoms with van der Waals surface area (Å²) in [5, 5.41) is 0. The van der Waals surface area contributed by atoms with Gasteiger partial charge >= 0.3 is 0 Å². The molecule has 0 unspecified atom stereocenters. The smallest absolute Gasteiger partial charge is 0.179 e. The maximum absolute atomic E-state index is 12.6. The van der Waals surface area contributed by atoms with Gasteiger partial charge in [0.15, 0.2) is 9.84 Å². The highest BCUT2D eigenvalue weighted by atomic mass is 79.9. The number of halogens is 1. The van der Waals surface area contributed by atoms with Crippen LogP contribution < -0.4 is 0 Å². The Morgan fingerprint density at radius 1 is 0.885 bits per heavy atom. The number of hydrogen-bond donors (Lipinski definition) is 0. The summed E-state index contributed by atoms with van der Waals surface area (Å²) in [5.74, 6) is 0.879. The van der Waals surface area contributed by atoms with E-state index < -0.39 is 9.84 Å². The molecule has 0 aliphatic rings. The van der Waals surface area contributed by atoms with E-state index in [1.807, 2.05) is 42.5 Å². The van der Waals surface area contributed by atoms with Crippen molar-refractivity contribution in [1.29, 1.82) is 0 Å². The molecule has 6 heteroatoms. The molecule has 3 aromatic rings. The van der Waals surface area contributed by atoms with Gasteiger partial charge in [0, 0.05) is 17.6 Å². The zero-order valence-electron chi connectivity index (χ0n) is 14.2. The quantitative estimate of drug-likeness (QED) is 0.523. The van der Waals surface area contributed by atoms with Crippen molar-refractivity contribution in [2.24, 2.45) is 0 Å². The van der Waals surface area contributed by atoms with Gasteiger partial charge in [-0.3, -0.25) is 4.90 Å². The van der Waals surface area contributed by atoms with Crippen LogP contribution in [-0.2, 0) is 22.9 Å². The first-order valence-corrected chi connectivity index (χ1v) is 10.7. The van der Waals surface area contributed by atoms with E-state index in [1.165, 1.54) is 0 Å². The highest BCUT2D eigenvalue weighted by Crippen LogP contribution is 2.17. The maximum atomic E-state index is 12.6. The normalized spacial score (nSPS) is 11.8. The number of nitrogens with zero attached hydrogens (tertiary/aromatic N) is 1. The predicted octanol–water partition coefficient (Wildman–Crippen LogP) is 4.52. The fraction of sp³-hybridized carbons (Fsp3) is 0.200. The molecular weight excluding hydrogens is 414 g/mol. The van der Waals surface area contributed by atoms with E-state index in [1.54, 1.807) is 30.5 Å². The van der Waals surface area contributed by atoms with Crippen molar-refractivity contribution in [3.05, 3.63) is 88.8 Å². The number of rotatable bonds is 8. The molecule has 1 heterocycles. The van der Waals surface area contributed by atoms with Crippen LogP contribution in [-0.4, -0.2) is 25.6 Å². The van der Waals surface area contributed by atoms with E-state index in [0.29, 0.717) is 24.5 Å². The van der Waals surface area contributed by atoms with Crippen LogP contribution in [0.3, 0.4) is 0 Å². The molecule has 0 aliphatic carbocycles. The summed E-state index contributed by atoms with van der Waals surface area (Å²) in [4.78, 5) is 2.43. The Balaban J connectivity index is 1.71. The minimum absolute atomic E-state index is 0.0577. The Kier molecular flexibility index (Phi) is 6.29. The van der Waals surface area contributed by atoms with Gasteiger partial charge in [-0.1, -0.05) is 46.3 Å². The molecule has 0 fully saturated rings. The molecule has 0 saturated carbocycles. The lowest BCUT2D eigenvalue weighted by atomic mass is 10.2. The van der Waals surface area contributed by atoms with Crippen molar-refractivity contribution in [3.63, 3.8) is 0 Å². The largest absolute Gasteiger partial charge is 0.468 e. The van der Waals surface area contributed by atoms with Gasteiger partial charge in [-0.2, -0.15) is 0 Å². The Bertz CT molecular complexity index is 907. The summed E-state index contributed by atoms with van der Waals surface area (Å²) in [7, 11) is -3.34. The fourth-order valence-corrected chi connectivity index (χ4v) is 4.24. The van der Waals surface area contributed by atoms with Crippen LogP contribution in [0.25, 0.3) is 0 Å². The first kappa shape index (κ1) is 18.9. The molecule has 0 saturated heterocycles. The van der Waals surface area contributed by atoms with Gasteiger partial charge < -0.3 is 4.42 Å². The lowest BCUT2D eigenvalue weighted by Gasteiger charge is -2.21. The summed E-state index contributed by atoms with van der Waals surface area (Å²) in [6.45, 7) is 1.66. The molecule has 0 N–H and O–H groups in total. The Morgan fingerprint density at radius 2 is 1.62 bits per heavy atom. The molecule has 136 valence electrons. The zero-order valence-corrected chi connectivity index (χ0v) is 16.6. The van der Waals surface area contributed by atoms with Gasteiger partial charge in [-0.15, -0.1) is 0 Å². The molecular formula is C20H20BrNO3S. The van der Waals surface area contributed by atoms with Crippen molar-refractivity contribution in [2.75, 3.05) is 12.3 Å². The molecule has 0 radical (unpaired) electrons. The first-order valence-electron chi connectivity index (χ1n) is 8.30. The molecule has 0 aliphatic heterocycles. The molecule has 0 spiro atoms. The third-order valence-electron chi connectivity index (χ3n) is 4.06. The Labute approximate surface area is 162 Å². The average Bonchev–Trinajstić information content (AvgIpc) is 3.14. The average molecular weight is 434 g/mol. The second-order valence-electron chi connectivity index (χ2n) is 6.05. The summed E-state index contributed by atoms with van der Waals surface area (Å²) >= 11 is 3.33. The summed E-state index contributed by atoms with van der Waals surface area (Å²) in [6.07, 6.45) is 1.63. The highest BCUT2D eigenvalue weighted by molar-refractivity contribution is 9.10. The number of hydrogen-bond acceptors (Lipinski definition) is 4. The fourth-order valence-electron chi connectivity index (χ4n) is 2.69. The van der Waals surface area contributed by atoms with Crippen molar-refractivity contribution >= 4 is 25.8 Å². The van der Waals surface area contributed by atoms with Crippen molar-refractivity contribution < 1.29 is 12.8 Å². The van der Waals surface area contributed by atoms with Crippen LogP contribution in [0.15, 0.2) is 86.8 Å². The number of benzene rings is 2. The Morgan fingerprint density at radius 3 is 2.27 bits per heavy atom. The third kappa shape index (κ3) is 5.30. The van der Waals surface area contributed by atoms with Crippen LogP contribution in [0, 0.1) is 0 Å². The summed E-state index contributed by atoms with van der Waals surface area (Å²) in [6, 6.07) is 20.5. The second-order valence-corrected chi connectivity index (χ2v) is 9.07. The summed E-state index contributed by atoms with van der Waals surface area (Å²) in [5.41, 5.74) is 1.14. The van der Waals surface area contributed by atoms with Crippen LogP contribution in [0.1, 0.15) is 11.3 Å². The molecule has 0 amide bonds. The Hall–Kier alpha value is -1.89. The molecule has 26 heavy (non-hydrogen) atoms. The highest BCUT2D eigenvalue weighted by Gasteiger charge is 2.17. The van der Waals surface area contributed by atoms with Crippen LogP contribution in [0.4, 0.5) is 0 Å². The maximum Gasteiger partial charge on any atom is 0.179 e. The molecule has 0 bridgehead atoms. The van der Waals surface area contributed by atoms with E-state index in [0.717, 1.165) is 15.8 Å². The second kappa shape index (κ2) is 8.66. The lowest BCUT2D eigenvalue weighted by Crippen LogP contribution is -2.28. The van der Waals surface area contributed by atoms with E-state index in [4.69, 9.17) is 4.42 Å². The molecule has 1 aromatic heterocycles. The molecule has 4 nitrogen and oxygen atoms in total. The van der Waals surface area contributed by atoms with Crippen molar-refractivity contribution in [3.8, 4) is 0 Å². The van der Waals surface area contributed by atoms with Crippen LogP contribution >= 0.6 is 15.9 Å². The number of sulfone groups is 1.